The third-order valence-electron chi connectivity index (χ3n) is 2.98. The van der Waals surface area contributed by atoms with E-state index in [0.717, 1.165) is 11.1 Å². The largest absolute Gasteiger partial charge is 0.465 e. The van der Waals surface area contributed by atoms with E-state index >= 15 is 0 Å². The Morgan fingerprint density at radius 1 is 1.18 bits per heavy atom. The average molecular weight is 305 g/mol. The molecule has 0 spiro atoms. The Labute approximate surface area is 129 Å². The van der Waals surface area contributed by atoms with E-state index in [1.807, 2.05) is 0 Å². The Kier molecular flexibility index (Phi) is 6.90. The van der Waals surface area contributed by atoms with Gasteiger partial charge in [0.05, 0.1) is 13.2 Å². The predicted molar refractivity (Wildman–Crippen MR) is 77.9 cm³/mol. The highest BCUT2D eigenvalue weighted by Gasteiger charge is 2.29. The summed E-state index contributed by atoms with van der Waals surface area (Å²) in [5.74, 6) is -1.76. The molecule has 0 fully saturated rings. The molecule has 0 unspecified atom stereocenters. The first-order valence-corrected chi connectivity index (χ1v) is 7.02. The van der Waals surface area contributed by atoms with Crippen molar-refractivity contribution in [2.45, 2.75) is 27.2 Å². The summed E-state index contributed by atoms with van der Waals surface area (Å²) >= 11 is 0. The first-order valence-electron chi connectivity index (χ1n) is 7.02. The van der Waals surface area contributed by atoms with Crippen LogP contribution in [0, 0.1) is 24.4 Å². The molecule has 0 radical (unpaired) electrons. The van der Waals surface area contributed by atoms with Gasteiger partial charge in [0.15, 0.2) is 5.92 Å². The molecule has 0 aliphatic heterocycles. The van der Waals surface area contributed by atoms with Gasteiger partial charge in [0.25, 0.3) is 6.26 Å². The Bertz CT molecular complexity index is 558. The van der Waals surface area contributed by atoms with Crippen LogP contribution in [0.1, 0.15) is 25.0 Å². The molecule has 22 heavy (non-hydrogen) atoms. The van der Waals surface area contributed by atoms with Gasteiger partial charge in [-0.25, -0.2) is 0 Å². The van der Waals surface area contributed by atoms with E-state index < -0.39 is 17.9 Å². The first kappa shape index (κ1) is 17.5. The molecule has 6 nitrogen and oxygen atoms in total. The SMILES string of the molecule is CCOC(=O)C(Cc1ccc(OC#N)c(C)c1)C(=O)OCC. The van der Waals surface area contributed by atoms with E-state index in [2.05, 4.69) is 0 Å². The van der Waals surface area contributed by atoms with Gasteiger partial charge >= 0.3 is 11.9 Å². The summed E-state index contributed by atoms with van der Waals surface area (Å²) in [5, 5.41) is 8.53. The maximum Gasteiger partial charge on any atom is 0.320 e. The molecule has 0 saturated carbocycles. The second-order valence-electron chi connectivity index (χ2n) is 4.55. The molecular weight excluding hydrogens is 286 g/mol. The summed E-state index contributed by atoms with van der Waals surface area (Å²) in [6.45, 7) is 5.53. The summed E-state index contributed by atoms with van der Waals surface area (Å²) in [6.07, 6.45) is 1.78. The molecule has 0 bridgehead atoms. The van der Waals surface area contributed by atoms with Gasteiger partial charge in [-0.05, 0) is 44.4 Å². The fourth-order valence-electron chi connectivity index (χ4n) is 1.99. The van der Waals surface area contributed by atoms with E-state index in [1.165, 1.54) is 0 Å². The molecule has 1 aromatic rings. The highest BCUT2D eigenvalue weighted by molar-refractivity contribution is 5.95. The summed E-state index contributed by atoms with van der Waals surface area (Å²) in [5.41, 5.74) is 1.50. The van der Waals surface area contributed by atoms with Crippen molar-refractivity contribution in [3.63, 3.8) is 0 Å². The van der Waals surface area contributed by atoms with Gasteiger partial charge in [0, 0.05) is 0 Å². The smallest absolute Gasteiger partial charge is 0.320 e. The lowest BCUT2D eigenvalue weighted by molar-refractivity contribution is -0.161. The van der Waals surface area contributed by atoms with Crippen LogP contribution in [0.25, 0.3) is 0 Å². The quantitative estimate of drug-likeness (QED) is 0.436. The van der Waals surface area contributed by atoms with Crippen LogP contribution in [0.4, 0.5) is 0 Å². The zero-order chi connectivity index (χ0) is 16.5. The van der Waals surface area contributed by atoms with Crippen molar-refractivity contribution in [2.75, 3.05) is 13.2 Å². The molecule has 0 aromatic heterocycles. The number of carbonyl (C=O) groups excluding carboxylic acids is 2. The van der Waals surface area contributed by atoms with Crippen LogP contribution in [-0.4, -0.2) is 25.2 Å². The van der Waals surface area contributed by atoms with Crippen LogP contribution in [0.2, 0.25) is 0 Å². The molecule has 1 rings (SSSR count). The van der Waals surface area contributed by atoms with Crippen molar-refractivity contribution in [1.82, 2.24) is 0 Å². The topological polar surface area (TPSA) is 85.6 Å². The zero-order valence-electron chi connectivity index (χ0n) is 12.9. The van der Waals surface area contributed by atoms with Gasteiger partial charge in [0.2, 0.25) is 0 Å². The van der Waals surface area contributed by atoms with Gasteiger partial charge in [-0.1, -0.05) is 12.1 Å². The number of rotatable bonds is 7. The van der Waals surface area contributed by atoms with Gasteiger partial charge in [-0.2, -0.15) is 0 Å². The van der Waals surface area contributed by atoms with Gasteiger partial charge < -0.3 is 14.2 Å². The van der Waals surface area contributed by atoms with E-state index in [9.17, 15) is 9.59 Å². The molecule has 0 saturated heterocycles. The molecule has 0 heterocycles. The Morgan fingerprint density at radius 2 is 1.77 bits per heavy atom. The Hall–Kier alpha value is -2.55. The monoisotopic (exact) mass is 305 g/mol. The fourth-order valence-corrected chi connectivity index (χ4v) is 1.99. The van der Waals surface area contributed by atoms with Crippen LogP contribution >= 0.6 is 0 Å². The average Bonchev–Trinajstić information content (AvgIpc) is 2.48. The number of aryl methyl sites for hydroxylation is 1. The van der Waals surface area contributed by atoms with Crippen LogP contribution in [0.5, 0.6) is 5.75 Å². The lowest BCUT2D eigenvalue weighted by atomic mass is 9.98. The van der Waals surface area contributed by atoms with Crippen LogP contribution in [-0.2, 0) is 25.5 Å². The number of hydrogen-bond donors (Lipinski definition) is 0. The second kappa shape index (κ2) is 8.67. The molecule has 118 valence electrons. The van der Waals surface area contributed by atoms with Crippen molar-refractivity contribution >= 4 is 11.9 Å². The van der Waals surface area contributed by atoms with Crippen LogP contribution in [0.15, 0.2) is 18.2 Å². The standard InChI is InChI=1S/C16H19NO5/c1-4-20-15(18)13(16(19)21-5-2)9-12-6-7-14(22-10-17)11(3)8-12/h6-8,13H,4-5,9H2,1-3H3. The molecule has 0 atom stereocenters. The molecule has 0 aliphatic rings. The normalized spacial score (nSPS) is 9.95. The number of esters is 2. The van der Waals surface area contributed by atoms with Crippen molar-refractivity contribution in [3.8, 4) is 12.0 Å². The number of carbonyl (C=O) groups is 2. The molecular formula is C16H19NO5. The summed E-state index contributed by atoms with van der Waals surface area (Å²) in [7, 11) is 0. The minimum absolute atomic E-state index is 0.172. The number of nitriles is 1. The lowest BCUT2D eigenvalue weighted by Gasteiger charge is -2.15. The Morgan fingerprint density at radius 3 is 2.23 bits per heavy atom. The summed E-state index contributed by atoms with van der Waals surface area (Å²) < 4.78 is 14.6. The number of benzene rings is 1. The zero-order valence-corrected chi connectivity index (χ0v) is 12.9. The minimum atomic E-state index is -0.998. The third-order valence-corrected chi connectivity index (χ3v) is 2.98. The summed E-state index contributed by atoms with van der Waals surface area (Å²) in [4.78, 5) is 23.9. The third kappa shape index (κ3) is 4.77. The maximum atomic E-state index is 11.9. The predicted octanol–water partition coefficient (Wildman–Crippen LogP) is 2.14. The Balaban J connectivity index is 2.94. The van der Waals surface area contributed by atoms with Crippen LogP contribution in [0.3, 0.4) is 0 Å². The van der Waals surface area contributed by atoms with Crippen LogP contribution < -0.4 is 4.74 Å². The lowest BCUT2D eigenvalue weighted by Crippen LogP contribution is -2.30. The van der Waals surface area contributed by atoms with E-state index in [1.54, 1.807) is 45.2 Å². The van der Waals surface area contributed by atoms with Crippen molar-refractivity contribution in [3.05, 3.63) is 29.3 Å². The van der Waals surface area contributed by atoms with Crippen molar-refractivity contribution in [1.29, 1.82) is 5.26 Å². The van der Waals surface area contributed by atoms with Crippen molar-refractivity contribution in [2.24, 2.45) is 5.92 Å². The molecule has 1 aromatic carbocycles. The number of hydrogen-bond acceptors (Lipinski definition) is 6. The maximum absolute atomic E-state index is 11.9. The van der Waals surface area contributed by atoms with E-state index in [-0.39, 0.29) is 19.6 Å². The van der Waals surface area contributed by atoms with E-state index in [0.29, 0.717) is 5.75 Å². The van der Waals surface area contributed by atoms with Gasteiger partial charge in [-0.15, -0.1) is 5.26 Å². The fraction of sp³-hybridized carbons (Fsp3) is 0.438. The molecule has 0 aliphatic carbocycles. The van der Waals surface area contributed by atoms with E-state index in [4.69, 9.17) is 19.5 Å². The highest BCUT2D eigenvalue weighted by Crippen LogP contribution is 2.21. The first-order chi connectivity index (χ1) is 10.5. The molecule has 0 amide bonds. The minimum Gasteiger partial charge on any atom is -0.465 e. The number of nitrogens with zero attached hydrogens (tertiary/aromatic N) is 1. The van der Waals surface area contributed by atoms with Crippen molar-refractivity contribution < 1.29 is 23.8 Å². The number of ether oxygens (including phenoxy) is 3. The second-order valence-corrected chi connectivity index (χ2v) is 4.55. The highest BCUT2D eigenvalue weighted by atomic mass is 16.6. The molecule has 6 heteroatoms. The summed E-state index contributed by atoms with van der Waals surface area (Å²) in [6, 6.07) is 5.09. The van der Waals surface area contributed by atoms with Gasteiger partial charge in [-0.3, -0.25) is 9.59 Å². The molecule has 0 N–H and O–H groups in total. The van der Waals surface area contributed by atoms with Gasteiger partial charge in [0.1, 0.15) is 5.75 Å².